The Morgan fingerprint density at radius 3 is 2.73 bits per heavy atom. The lowest BCUT2D eigenvalue weighted by Crippen LogP contribution is -2.52. The predicted molar refractivity (Wildman–Crippen MR) is 138 cm³/mol. The molecule has 0 bridgehead atoms. The van der Waals surface area contributed by atoms with Gasteiger partial charge in [-0.05, 0) is 36.6 Å². The number of alkyl halides is 2. The van der Waals surface area contributed by atoms with Crippen LogP contribution in [0.15, 0.2) is 42.7 Å². The van der Waals surface area contributed by atoms with Crippen molar-refractivity contribution in [1.82, 2.24) is 24.8 Å². The fraction of sp³-hybridized carbons (Fsp3) is 0.429. The number of amides is 3. The SMILES string of the molecule is O=C1Nc2ncccc2C2(CCN(C(=O)N[C@@H]3CC[C@@H](c4cccc(F)c4F)Cn4c(CC(F)F)cnc43)CC2)O1. The number of rotatable bonds is 4. The molecule has 0 radical (unpaired) electrons. The Morgan fingerprint density at radius 2 is 1.95 bits per heavy atom. The molecule has 9 nitrogen and oxygen atoms in total. The van der Waals surface area contributed by atoms with Crippen LogP contribution in [0, 0.1) is 11.6 Å². The fourth-order valence-electron chi connectivity index (χ4n) is 6.18. The van der Waals surface area contributed by atoms with E-state index in [1.807, 2.05) is 6.07 Å². The minimum absolute atomic E-state index is 0.128. The normalized spacial score (nSPS) is 21.5. The molecule has 1 saturated heterocycles. The van der Waals surface area contributed by atoms with Crippen molar-refractivity contribution in [1.29, 1.82) is 0 Å². The van der Waals surface area contributed by atoms with Crippen LogP contribution in [0.4, 0.5) is 33.0 Å². The zero-order chi connectivity index (χ0) is 28.7. The number of likely N-dealkylation sites (tertiary alicyclic amines) is 1. The molecule has 1 aromatic carbocycles. The summed E-state index contributed by atoms with van der Waals surface area (Å²) in [5, 5.41) is 5.59. The van der Waals surface area contributed by atoms with Crippen molar-refractivity contribution in [3.63, 3.8) is 0 Å². The summed E-state index contributed by atoms with van der Waals surface area (Å²) >= 11 is 0. The summed E-state index contributed by atoms with van der Waals surface area (Å²) in [5.41, 5.74) is 0.283. The summed E-state index contributed by atoms with van der Waals surface area (Å²) in [6.45, 7) is 0.716. The molecule has 41 heavy (non-hydrogen) atoms. The molecule has 1 spiro atoms. The largest absolute Gasteiger partial charge is 0.437 e. The number of nitrogens with zero attached hydrogens (tertiary/aromatic N) is 4. The van der Waals surface area contributed by atoms with E-state index in [2.05, 4.69) is 20.6 Å². The van der Waals surface area contributed by atoms with Crippen molar-refractivity contribution in [2.45, 2.75) is 62.6 Å². The number of fused-ring (bicyclic) bond motifs is 3. The van der Waals surface area contributed by atoms with E-state index in [0.717, 1.165) is 11.6 Å². The van der Waals surface area contributed by atoms with Gasteiger partial charge in [-0.25, -0.2) is 37.1 Å². The van der Waals surface area contributed by atoms with Crippen molar-refractivity contribution in [3.05, 3.63) is 77.0 Å². The molecule has 2 N–H and O–H groups in total. The number of nitrogens with one attached hydrogen (secondary N) is 2. The molecule has 0 saturated carbocycles. The standard InChI is InChI=1S/C28H28F4N6O3/c29-20-5-1-3-18(23(20)32)16-6-7-21(25-34-14-17(13-22(30)31)38(25)15-16)35-26(39)37-11-8-28(9-12-37)19-4-2-10-33-24(19)36-27(40)41-28/h1-5,10,14,16,21-22H,6-9,11-13,15H2,(H,35,39)(H,33,36,40)/t16-,21-/m1/s1. The molecule has 3 aromatic rings. The molecule has 3 aliphatic rings. The average Bonchev–Trinajstić information content (AvgIpc) is 3.23. The number of ether oxygens (including phenoxy) is 1. The minimum atomic E-state index is -2.62. The van der Waals surface area contributed by atoms with Gasteiger partial charge in [0.25, 0.3) is 0 Å². The van der Waals surface area contributed by atoms with Gasteiger partial charge in [0.15, 0.2) is 11.6 Å². The second-order valence-corrected chi connectivity index (χ2v) is 10.6. The van der Waals surface area contributed by atoms with Gasteiger partial charge in [-0.2, -0.15) is 0 Å². The second-order valence-electron chi connectivity index (χ2n) is 10.6. The van der Waals surface area contributed by atoms with Crippen LogP contribution in [0.1, 0.15) is 60.3 Å². The number of pyridine rings is 1. The Morgan fingerprint density at radius 1 is 1.15 bits per heavy atom. The van der Waals surface area contributed by atoms with E-state index < -0.39 is 48.1 Å². The number of benzene rings is 1. The van der Waals surface area contributed by atoms with Crippen LogP contribution < -0.4 is 10.6 Å². The van der Waals surface area contributed by atoms with Crippen molar-refractivity contribution < 1.29 is 31.9 Å². The third-order valence-corrected chi connectivity index (χ3v) is 8.24. The molecule has 6 rings (SSSR count). The highest BCUT2D eigenvalue weighted by atomic mass is 19.3. The van der Waals surface area contributed by atoms with Crippen LogP contribution in [0.2, 0.25) is 0 Å². The number of piperidine rings is 1. The fourth-order valence-corrected chi connectivity index (χ4v) is 6.18. The van der Waals surface area contributed by atoms with E-state index in [1.165, 1.54) is 18.3 Å². The molecule has 5 heterocycles. The van der Waals surface area contributed by atoms with Gasteiger partial charge in [-0.15, -0.1) is 0 Å². The molecule has 0 aliphatic carbocycles. The number of carbonyl (C=O) groups excluding carboxylic acids is 2. The van der Waals surface area contributed by atoms with Crippen LogP contribution in [0.3, 0.4) is 0 Å². The van der Waals surface area contributed by atoms with Crippen LogP contribution in [0.25, 0.3) is 0 Å². The van der Waals surface area contributed by atoms with E-state index in [0.29, 0.717) is 50.4 Å². The van der Waals surface area contributed by atoms with Crippen LogP contribution >= 0.6 is 0 Å². The third-order valence-electron chi connectivity index (χ3n) is 8.24. The van der Waals surface area contributed by atoms with Gasteiger partial charge in [-0.1, -0.05) is 12.1 Å². The summed E-state index contributed by atoms with van der Waals surface area (Å²) < 4.78 is 62.8. The highest BCUT2D eigenvalue weighted by molar-refractivity contribution is 5.87. The first-order valence-corrected chi connectivity index (χ1v) is 13.5. The second kappa shape index (κ2) is 10.7. The van der Waals surface area contributed by atoms with Gasteiger partial charge in [0.2, 0.25) is 6.43 Å². The van der Waals surface area contributed by atoms with Gasteiger partial charge in [0, 0.05) is 62.0 Å². The van der Waals surface area contributed by atoms with Gasteiger partial charge in [-0.3, -0.25) is 5.32 Å². The Kier molecular flexibility index (Phi) is 7.04. The lowest BCUT2D eigenvalue weighted by molar-refractivity contribution is -0.0308. The molecular weight excluding hydrogens is 544 g/mol. The Bertz CT molecular complexity index is 1470. The monoisotopic (exact) mass is 572 g/mol. The molecular formula is C28H28F4N6O3. The van der Waals surface area contributed by atoms with Gasteiger partial charge in [0.05, 0.1) is 12.5 Å². The van der Waals surface area contributed by atoms with Gasteiger partial charge < -0.3 is 19.5 Å². The zero-order valence-electron chi connectivity index (χ0n) is 22.0. The van der Waals surface area contributed by atoms with E-state index in [-0.39, 0.29) is 23.8 Å². The maximum Gasteiger partial charge on any atom is 0.413 e. The minimum Gasteiger partial charge on any atom is -0.437 e. The average molecular weight is 573 g/mol. The first kappa shape index (κ1) is 27.0. The Labute approximate surface area is 232 Å². The number of aromatic nitrogens is 3. The smallest absolute Gasteiger partial charge is 0.413 e. The predicted octanol–water partition coefficient (Wildman–Crippen LogP) is 5.25. The van der Waals surface area contributed by atoms with Crippen LogP contribution in [0.5, 0.6) is 0 Å². The molecule has 216 valence electrons. The Hall–Kier alpha value is -4.16. The quantitative estimate of drug-likeness (QED) is 0.416. The van der Waals surface area contributed by atoms with E-state index >= 15 is 0 Å². The molecule has 2 aromatic heterocycles. The molecule has 1 fully saturated rings. The molecule has 3 aliphatic heterocycles. The van der Waals surface area contributed by atoms with Crippen molar-refractivity contribution in [3.8, 4) is 0 Å². The first-order chi connectivity index (χ1) is 19.7. The summed E-state index contributed by atoms with van der Waals surface area (Å²) in [6, 6.07) is 6.55. The number of halogens is 4. The van der Waals surface area contributed by atoms with Crippen molar-refractivity contribution in [2.24, 2.45) is 0 Å². The van der Waals surface area contributed by atoms with Crippen LogP contribution in [-0.2, 0) is 23.3 Å². The molecule has 13 heteroatoms. The van der Waals surface area contributed by atoms with Crippen LogP contribution in [-0.4, -0.2) is 51.1 Å². The number of imidazole rings is 1. The lowest BCUT2D eigenvalue weighted by atomic mass is 9.83. The maximum atomic E-state index is 14.7. The number of anilines is 1. The maximum absolute atomic E-state index is 14.7. The molecule has 0 unspecified atom stereocenters. The summed E-state index contributed by atoms with van der Waals surface area (Å²) in [7, 11) is 0. The highest BCUT2D eigenvalue weighted by Crippen LogP contribution is 2.43. The summed E-state index contributed by atoms with van der Waals surface area (Å²) in [4.78, 5) is 35.8. The van der Waals surface area contributed by atoms with Crippen molar-refractivity contribution >= 4 is 17.9 Å². The molecule has 2 atom stereocenters. The van der Waals surface area contributed by atoms with Gasteiger partial charge in [0.1, 0.15) is 17.2 Å². The van der Waals surface area contributed by atoms with E-state index in [4.69, 9.17) is 4.74 Å². The number of hydrogen-bond donors (Lipinski definition) is 2. The summed E-state index contributed by atoms with van der Waals surface area (Å²) in [6.07, 6.45) is 0.616. The van der Waals surface area contributed by atoms with E-state index in [9.17, 15) is 27.2 Å². The number of hydrogen-bond acceptors (Lipinski definition) is 5. The van der Waals surface area contributed by atoms with Gasteiger partial charge >= 0.3 is 12.1 Å². The Balaban J connectivity index is 1.20. The third kappa shape index (κ3) is 5.08. The number of carbonyl (C=O) groups is 2. The zero-order valence-corrected chi connectivity index (χ0v) is 22.0. The topological polar surface area (TPSA) is 101 Å². The molecule has 3 amide bonds. The summed E-state index contributed by atoms with van der Waals surface area (Å²) in [5.74, 6) is -1.61. The number of urea groups is 1. The van der Waals surface area contributed by atoms with Crippen molar-refractivity contribution in [2.75, 3.05) is 18.4 Å². The van der Waals surface area contributed by atoms with E-state index in [1.54, 1.807) is 21.7 Å². The highest BCUT2D eigenvalue weighted by Gasteiger charge is 2.46. The first-order valence-electron chi connectivity index (χ1n) is 13.5. The lowest BCUT2D eigenvalue weighted by Gasteiger charge is -2.43.